The molecule has 0 aliphatic heterocycles. The second-order valence-electron chi connectivity index (χ2n) is 10.1. The predicted octanol–water partition coefficient (Wildman–Crippen LogP) is 5.81. The standard InChI is InChI=1S/C28H28FN7O/c1-16-5-11-19(12-6-16)36-23(15-22(35-36)28(2,3)4)32-27(37)31-18-9-7-17(8-10-18)20-13-14-21-25(24(20)29)33-34-26(21)30/h5-15H,1-4H3,(H5,30,31,32,33,34,35,37)/p+1. The molecule has 0 saturated carbocycles. The summed E-state index contributed by atoms with van der Waals surface area (Å²) in [4.78, 5) is 12.9. The Balaban J connectivity index is 1.36. The third-order valence-corrected chi connectivity index (χ3v) is 6.26. The molecule has 6 N–H and O–H groups in total. The number of H-pyrrole nitrogens is 2. The van der Waals surface area contributed by atoms with Crippen LogP contribution in [0.4, 0.5) is 26.5 Å². The molecule has 37 heavy (non-hydrogen) atoms. The molecule has 0 aliphatic rings. The van der Waals surface area contributed by atoms with Crippen LogP contribution in [0.3, 0.4) is 0 Å². The number of anilines is 3. The zero-order chi connectivity index (χ0) is 26.3. The number of amides is 2. The molecule has 0 atom stereocenters. The third kappa shape index (κ3) is 4.75. The molecule has 2 amide bonds. The first-order valence-corrected chi connectivity index (χ1v) is 11.9. The molecule has 2 aromatic heterocycles. The Kier molecular flexibility index (Phi) is 5.91. The number of nitrogens with zero attached hydrogens (tertiary/aromatic N) is 2. The summed E-state index contributed by atoms with van der Waals surface area (Å²) < 4.78 is 16.8. The molecular formula is C28H29FN7O+. The van der Waals surface area contributed by atoms with E-state index in [1.165, 1.54) is 0 Å². The Morgan fingerprint density at radius 3 is 2.38 bits per heavy atom. The quantitative estimate of drug-likeness (QED) is 0.202. The van der Waals surface area contributed by atoms with Gasteiger partial charge in [-0.15, -0.1) is 4.68 Å². The Hall–Kier alpha value is -4.66. The predicted molar refractivity (Wildman–Crippen MR) is 144 cm³/mol. The van der Waals surface area contributed by atoms with Crippen LogP contribution >= 0.6 is 0 Å². The lowest BCUT2D eigenvalue weighted by molar-refractivity contribution is -0.641. The van der Waals surface area contributed by atoms with Crippen molar-refractivity contribution in [2.75, 3.05) is 16.4 Å². The minimum absolute atomic E-state index is 0.140. The maximum atomic E-state index is 15.0. The van der Waals surface area contributed by atoms with E-state index in [2.05, 4.69) is 46.7 Å². The summed E-state index contributed by atoms with van der Waals surface area (Å²) in [6.45, 7) is 8.34. The maximum Gasteiger partial charge on any atom is 0.411 e. The molecule has 3 aromatic carbocycles. The van der Waals surface area contributed by atoms with E-state index in [-0.39, 0.29) is 16.7 Å². The van der Waals surface area contributed by atoms with Gasteiger partial charge in [0, 0.05) is 22.1 Å². The minimum atomic E-state index is -0.428. The van der Waals surface area contributed by atoms with E-state index in [4.69, 9.17) is 5.73 Å². The van der Waals surface area contributed by atoms with E-state index < -0.39 is 11.8 Å². The highest BCUT2D eigenvalue weighted by atomic mass is 19.1. The second kappa shape index (κ2) is 9.09. The highest BCUT2D eigenvalue weighted by Crippen LogP contribution is 2.30. The first kappa shape index (κ1) is 24.1. The highest BCUT2D eigenvalue weighted by molar-refractivity contribution is 5.99. The maximum absolute atomic E-state index is 15.0. The highest BCUT2D eigenvalue weighted by Gasteiger charge is 2.26. The van der Waals surface area contributed by atoms with Crippen LogP contribution in [-0.2, 0) is 5.41 Å². The van der Waals surface area contributed by atoms with Gasteiger partial charge in [-0.3, -0.25) is 10.4 Å². The Morgan fingerprint density at radius 1 is 1.00 bits per heavy atom. The fourth-order valence-corrected chi connectivity index (χ4v) is 4.10. The van der Waals surface area contributed by atoms with Crippen molar-refractivity contribution in [3.8, 4) is 16.8 Å². The van der Waals surface area contributed by atoms with Crippen LogP contribution in [0.5, 0.6) is 0 Å². The number of rotatable bonds is 4. The van der Waals surface area contributed by atoms with Crippen LogP contribution in [0.15, 0.2) is 66.7 Å². The molecular weight excluding hydrogens is 469 g/mol. The van der Waals surface area contributed by atoms with Crippen molar-refractivity contribution in [2.45, 2.75) is 33.1 Å². The summed E-state index contributed by atoms with van der Waals surface area (Å²) in [5.41, 5.74) is 10.6. The van der Waals surface area contributed by atoms with Gasteiger partial charge in [-0.2, -0.15) is 10.4 Å². The van der Waals surface area contributed by atoms with Crippen molar-refractivity contribution in [3.05, 3.63) is 83.8 Å². The van der Waals surface area contributed by atoms with E-state index >= 15 is 0 Å². The number of fused-ring (bicyclic) bond motifs is 1. The van der Waals surface area contributed by atoms with Crippen LogP contribution in [0, 0.1) is 12.7 Å². The third-order valence-electron chi connectivity index (χ3n) is 6.26. The first-order valence-electron chi connectivity index (χ1n) is 11.9. The van der Waals surface area contributed by atoms with Crippen molar-refractivity contribution in [1.82, 2.24) is 15.3 Å². The summed E-state index contributed by atoms with van der Waals surface area (Å²) in [7, 11) is 0. The monoisotopic (exact) mass is 498 g/mol. The normalized spacial score (nSPS) is 11.6. The molecule has 0 radical (unpaired) electrons. The number of nitrogens with one attached hydrogen (secondary N) is 4. The van der Waals surface area contributed by atoms with E-state index in [9.17, 15) is 9.18 Å². The van der Waals surface area contributed by atoms with Crippen molar-refractivity contribution in [1.29, 1.82) is 0 Å². The lowest BCUT2D eigenvalue weighted by Crippen LogP contribution is -2.38. The SMILES string of the molecule is Cc1ccc(-[n+]2[nH]c(C(C)(C)C)cc2NC(=O)Nc2ccc(-c3ccc4c(N)n[nH]c4c3F)cc2)cc1. The van der Waals surface area contributed by atoms with Crippen molar-refractivity contribution >= 4 is 34.3 Å². The van der Waals surface area contributed by atoms with Gasteiger partial charge in [0.2, 0.25) is 0 Å². The molecule has 0 fully saturated rings. The summed E-state index contributed by atoms with van der Waals surface area (Å²) in [6.07, 6.45) is 0. The zero-order valence-electron chi connectivity index (χ0n) is 21.1. The van der Waals surface area contributed by atoms with Gasteiger partial charge in [0.15, 0.2) is 17.3 Å². The van der Waals surface area contributed by atoms with Crippen LogP contribution in [0.1, 0.15) is 32.0 Å². The lowest BCUT2D eigenvalue weighted by Gasteiger charge is -2.14. The molecule has 5 aromatic rings. The smallest absolute Gasteiger partial charge is 0.382 e. The number of halogens is 1. The lowest BCUT2D eigenvalue weighted by atomic mass is 9.92. The Labute approximate surface area is 213 Å². The number of nitrogens with two attached hydrogens (primary N) is 1. The second-order valence-corrected chi connectivity index (χ2v) is 10.1. The van der Waals surface area contributed by atoms with E-state index in [0.717, 1.165) is 16.9 Å². The molecule has 5 rings (SSSR count). The summed E-state index contributed by atoms with van der Waals surface area (Å²) >= 11 is 0. The topological polar surface area (TPSA) is 116 Å². The molecule has 8 nitrogen and oxygen atoms in total. The summed E-state index contributed by atoms with van der Waals surface area (Å²) in [6, 6.07) is 19.9. The molecule has 0 saturated heterocycles. The van der Waals surface area contributed by atoms with Gasteiger partial charge in [-0.25, -0.2) is 14.3 Å². The van der Waals surface area contributed by atoms with Gasteiger partial charge in [-0.05, 0) is 42.8 Å². The summed E-state index contributed by atoms with van der Waals surface area (Å²) in [5, 5.41) is 16.2. The van der Waals surface area contributed by atoms with E-state index in [1.54, 1.807) is 36.4 Å². The largest absolute Gasteiger partial charge is 0.411 e. The number of benzene rings is 3. The molecule has 0 spiro atoms. The molecule has 9 heteroatoms. The average Bonchev–Trinajstić information content (AvgIpc) is 3.45. The van der Waals surface area contributed by atoms with Crippen LogP contribution in [-0.4, -0.2) is 21.3 Å². The molecule has 188 valence electrons. The number of aromatic nitrogens is 4. The van der Waals surface area contributed by atoms with Crippen molar-refractivity contribution in [3.63, 3.8) is 0 Å². The van der Waals surface area contributed by atoms with E-state index in [0.29, 0.717) is 28.0 Å². The molecule has 0 bridgehead atoms. The number of nitrogen functional groups attached to an aromatic ring is 1. The molecule has 0 unspecified atom stereocenters. The van der Waals surface area contributed by atoms with Gasteiger partial charge >= 0.3 is 11.8 Å². The molecule has 2 heterocycles. The average molecular weight is 499 g/mol. The minimum Gasteiger partial charge on any atom is -0.382 e. The van der Waals surface area contributed by atoms with Crippen LogP contribution in [0.25, 0.3) is 27.7 Å². The first-order chi connectivity index (χ1) is 17.6. The fourth-order valence-electron chi connectivity index (χ4n) is 4.10. The van der Waals surface area contributed by atoms with Crippen LogP contribution in [0.2, 0.25) is 0 Å². The van der Waals surface area contributed by atoms with Gasteiger partial charge in [0.05, 0.1) is 11.8 Å². The number of hydrogen-bond donors (Lipinski definition) is 5. The van der Waals surface area contributed by atoms with Gasteiger partial charge in [0.1, 0.15) is 5.52 Å². The van der Waals surface area contributed by atoms with Crippen LogP contribution < -0.4 is 21.0 Å². The number of aromatic amines is 2. The van der Waals surface area contributed by atoms with Crippen molar-refractivity contribution in [2.24, 2.45) is 0 Å². The number of hydrogen-bond acceptors (Lipinski definition) is 3. The number of urea groups is 1. The van der Waals surface area contributed by atoms with Gasteiger partial charge < -0.3 is 5.73 Å². The zero-order valence-corrected chi connectivity index (χ0v) is 21.1. The fraction of sp³-hybridized carbons (Fsp3) is 0.179. The van der Waals surface area contributed by atoms with Gasteiger partial charge in [-0.1, -0.05) is 56.7 Å². The van der Waals surface area contributed by atoms with E-state index in [1.807, 2.05) is 41.9 Å². The number of aryl methyl sites for hydroxylation is 1. The van der Waals surface area contributed by atoms with Gasteiger partial charge in [0.25, 0.3) is 0 Å². The molecule has 0 aliphatic carbocycles. The Bertz CT molecular complexity index is 1590. The number of carbonyl (C=O) groups excluding carboxylic acids is 1. The Morgan fingerprint density at radius 2 is 1.70 bits per heavy atom. The number of carbonyl (C=O) groups is 1. The summed E-state index contributed by atoms with van der Waals surface area (Å²) in [5.74, 6) is 0.437. The van der Waals surface area contributed by atoms with Crippen molar-refractivity contribution < 1.29 is 13.9 Å².